The van der Waals surface area contributed by atoms with Crippen LogP contribution in [0, 0.1) is 6.92 Å². The highest BCUT2D eigenvalue weighted by molar-refractivity contribution is 6.30. The van der Waals surface area contributed by atoms with Crippen LogP contribution in [0.5, 0.6) is 0 Å². The van der Waals surface area contributed by atoms with Crippen LogP contribution >= 0.6 is 11.6 Å². The molecule has 9 heteroatoms. The van der Waals surface area contributed by atoms with Crippen molar-refractivity contribution in [2.24, 2.45) is 0 Å². The number of rotatable bonds is 9. The fourth-order valence-electron chi connectivity index (χ4n) is 3.20. The number of carbonyl (C=O) groups is 1. The lowest BCUT2D eigenvalue weighted by Crippen LogP contribution is -2.31. The zero-order chi connectivity index (χ0) is 21.5. The minimum Gasteiger partial charge on any atom is -0.352 e. The average molecular weight is 429 g/mol. The zero-order valence-corrected chi connectivity index (χ0v) is 17.8. The summed E-state index contributed by atoms with van der Waals surface area (Å²) < 4.78 is 3.26. The molecule has 0 fully saturated rings. The van der Waals surface area contributed by atoms with Gasteiger partial charge in [0.1, 0.15) is 12.7 Å². The molecule has 2 aromatic heterocycles. The van der Waals surface area contributed by atoms with Crippen molar-refractivity contribution in [3.8, 4) is 0 Å². The molecule has 8 nitrogen and oxygen atoms in total. The lowest BCUT2D eigenvalue weighted by Gasteiger charge is -2.13. The van der Waals surface area contributed by atoms with Gasteiger partial charge >= 0.3 is 0 Å². The molecule has 30 heavy (non-hydrogen) atoms. The number of halogens is 1. The van der Waals surface area contributed by atoms with Gasteiger partial charge in [0.2, 0.25) is 5.91 Å². The van der Waals surface area contributed by atoms with Gasteiger partial charge in [-0.05, 0) is 48.9 Å². The molecule has 3 aromatic rings. The molecular weight excluding hydrogens is 404 g/mol. The van der Waals surface area contributed by atoms with Crippen LogP contribution < -0.4 is 16.2 Å². The molecule has 0 atom stereocenters. The van der Waals surface area contributed by atoms with Crippen molar-refractivity contribution in [1.29, 1.82) is 0 Å². The van der Waals surface area contributed by atoms with Crippen LogP contribution in [-0.4, -0.2) is 32.3 Å². The van der Waals surface area contributed by atoms with Gasteiger partial charge in [-0.25, -0.2) is 4.98 Å². The minimum absolute atomic E-state index is 0.0246. The SMILES string of the molecule is CNCc1ccc(Cl)cc1CNC(=O)Cc1c(C)ccn(CCn2cncn2)c1=O. The van der Waals surface area contributed by atoms with Crippen molar-refractivity contribution >= 4 is 17.5 Å². The Bertz CT molecular complexity index is 1060. The third kappa shape index (κ3) is 5.55. The zero-order valence-electron chi connectivity index (χ0n) is 17.1. The summed E-state index contributed by atoms with van der Waals surface area (Å²) in [5.74, 6) is -0.209. The van der Waals surface area contributed by atoms with Crippen LogP contribution in [0.4, 0.5) is 0 Å². The summed E-state index contributed by atoms with van der Waals surface area (Å²) in [5, 5.41) is 10.7. The van der Waals surface area contributed by atoms with E-state index in [0.717, 1.165) is 16.7 Å². The quantitative estimate of drug-likeness (QED) is 0.540. The Morgan fingerprint density at radius 2 is 2.00 bits per heavy atom. The van der Waals surface area contributed by atoms with E-state index in [9.17, 15) is 9.59 Å². The molecule has 0 aliphatic carbocycles. The van der Waals surface area contributed by atoms with Gasteiger partial charge in [0.15, 0.2) is 0 Å². The van der Waals surface area contributed by atoms with Gasteiger partial charge < -0.3 is 15.2 Å². The summed E-state index contributed by atoms with van der Waals surface area (Å²) in [7, 11) is 1.86. The first-order valence-corrected chi connectivity index (χ1v) is 10.1. The van der Waals surface area contributed by atoms with Crippen LogP contribution in [0.25, 0.3) is 0 Å². The number of nitrogens with zero attached hydrogens (tertiary/aromatic N) is 4. The molecule has 0 aliphatic rings. The minimum atomic E-state index is -0.209. The third-order valence-electron chi connectivity index (χ3n) is 4.88. The van der Waals surface area contributed by atoms with Crippen molar-refractivity contribution in [2.45, 2.75) is 39.5 Å². The molecule has 1 amide bonds. The fraction of sp³-hybridized carbons (Fsp3) is 0.333. The predicted octanol–water partition coefficient (Wildman–Crippen LogP) is 1.68. The third-order valence-corrected chi connectivity index (χ3v) is 5.12. The number of aryl methyl sites for hydroxylation is 3. The molecule has 0 aliphatic heterocycles. The number of aromatic nitrogens is 4. The van der Waals surface area contributed by atoms with E-state index in [4.69, 9.17) is 11.6 Å². The maximum atomic E-state index is 12.9. The lowest BCUT2D eigenvalue weighted by atomic mass is 10.1. The van der Waals surface area contributed by atoms with Crippen molar-refractivity contribution in [1.82, 2.24) is 30.0 Å². The average Bonchev–Trinajstić information content (AvgIpc) is 3.24. The van der Waals surface area contributed by atoms with Crippen molar-refractivity contribution < 1.29 is 4.79 Å². The summed E-state index contributed by atoms with van der Waals surface area (Å²) in [5.41, 5.74) is 3.14. The Morgan fingerprint density at radius 3 is 2.73 bits per heavy atom. The van der Waals surface area contributed by atoms with Gasteiger partial charge in [-0.15, -0.1) is 0 Å². The molecule has 0 saturated carbocycles. The van der Waals surface area contributed by atoms with E-state index in [2.05, 4.69) is 20.7 Å². The largest absolute Gasteiger partial charge is 0.352 e. The lowest BCUT2D eigenvalue weighted by molar-refractivity contribution is -0.120. The summed E-state index contributed by atoms with van der Waals surface area (Å²) in [6, 6.07) is 7.47. The molecule has 158 valence electrons. The van der Waals surface area contributed by atoms with E-state index in [1.807, 2.05) is 38.2 Å². The van der Waals surface area contributed by atoms with Crippen LogP contribution in [-0.2, 0) is 37.4 Å². The van der Waals surface area contributed by atoms with E-state index >= 15 is 0 Å². The second kappa shape index (κ2) is 10.2. The van der Waals surface area contributed by atoms with Crippen LogP contribution in [0.1, 0.15) is 22.3 Å². The first-order valence-electron chi connectivity index (χ1n) is 9.68. The summed E-state index contributed by atoms with van der Waals surface area (Å²) in [6.07, 6.45) is 4.82. The van der Waals surface area contributed by atoms with Crippen LogP contribution in [0.15, 0.2) is 47.9 Å². The molecule has 2 heterocycles. The molecule has 3 rings (SSSR count). The smallest absolute Gasteiger partial charge is 0.254 e. The van der Waals surface area contributed by atoms with Crippen molar-refractivity contribution in [3.63, 3.8) is 0 Å². The molecular formula is C21H25ClN6O2. The Balaban J connectivity index is 1.67. The number of benzene rings is 1. The van der Waals surface area contributed by atoms with E-state index < -0.39 is 0 Å². The Kier molecular flexibility index (Phi) is 7.37. The van der Waals surface area contributed by atoms with Crippen LogP contribution in [0.2, 0.25) is 5.02 Å². The maximum Gasteiger partial charge on any atom is 0.254 e. The maximum absolute atomic E-state index is 12.9. The fourth-order valence-corrected chi connectivity index (χ4v) is 3.40. The number of pyridine rings is 1. The molecule has 0 radical (unpaired) electrons. The predicted molar refractivity (Wildman–Crippen MR) is 115 cm³/mol. The highest BCUT2D eigenvalue weighted by atomic mass is 35.5. The highest BCUT2D eigenvalue weighted by Gasteiger charge is 2.13. The van der Waals surface area contributed by atoms with Crippen molar-refractivity contribution in [2.75, 3.05) is 7.05 Å². The molecule has 0 saturated heterocycles. The number of nitrogens with one attached hydrogen (secondary N) is 2. The Hall–Kier alpha value is -2.97. The molecule has 1 aromatic carbocycles. The van der Waals surface area contributed by atoms with Crippen LogP contribution in [0.3, 0.4) is 0 Å². The number of carbonyl (C=O) groups excluding carboxylic acids is 1. The van der Waals surface area contributed by atoms with Gasteiger partial charge in [-0.2, -0.15) is 5.10 Å². The molecule has 0 bridgehead atoms. The molecule has 0 unspecified atom stereocenters. The van der Waals surface area contributed by atoms with E-state index in [0.29, 0.717) is 36.8 Å². The Labute approximate surface area is 179 Å². The number of amides is 1. The second-order valence-electron chi connectivity index (χ2n) is 7.03. The summed E-state index contributed by atoms with van der Waals surface area (Å²) in [4.78, 5) is 29.3. The first-order chi connectivity index (χ1) is 14.5. The number of hydrogen-bond donors (Lipinski definition) is 2. The summed E-state index contributed by atoms with van der Waals surface area (Å²) >= 11 is 6.10. The van der Waals surface area contributed by atoms with E-state index in [1.165, 1.54) is 6.33 Å². The van der Waals surface area contributed by atoms with E-state index in [-0.39, 0.29) is 17.9 Å². The Morgan fingerprint density at radius 1 is 1.17 bits per heavy atom. The van der Waals surface area contributed by atoms with Gasteiger partial charge in [-0.3, -0.25) is 14.3 Å². The molecule has 0 spiro atoms. The number of hydrogen-bond acceptors (Lipinski definition) is 5. The molecule has 2 N–H and O–H groups in total. The highest BCUT2D eigenvalue weighted by Crippen LogP contribution is 2.16. The monoisotopic (exact) mass is 428 g/mol. The first kappa shape index (κ1) is 21.7. The van der Waals surface area contributed by atoms with Gasteiger partial charge in [-0.1, -0.05) is 17.7 Å². The summed E-state index contributed by atoms with van der Waals surface area (Å²) in [6.45, 7) is 3.85. The van der Waals surface area contributed by atoms with Crippen molar-refractivity contribution in [3.05, 3.63) is 80.7 Å². The normalized spacial score (nSPS) is 10.9. The second-order valence-corrected chi connectivity index (χ2v) is 7.47. The van der Waals surface area contributed by atoms with Gasteiger partial charge in [0.05, 0.1) is 13.0 Å². The van der Waals surface area contributed by atoms with Gasteiger partial charge in [0, 0.05) is 36.4 Å². The standard InChI is InChI=1S/C21H25ClN6O2/c1-15-5-6-27(7-8-28-14-24-13-26-28)21(30)19(15)10-20(29)25-12-17-9-18(22)4-3-16(17)11-23-2/h3-6,9,13-14,23H,7-8,10-12H2,1-2H3,(H,25,29). The topological polar surface area (TPSA) is 93.8 Å². The van der Waals surface area contributed by atoms with Gasteiger partial charge in [0.25, 0.3) is 5.56 Å². The van der Waals surface area contributed by atoms with E-state index in [1.54, 1.807) is 21.8 Å².